The van der Waals surface area contributed by atoms with Crippen molar-refractivity contribution >= 4 is 11.4 Å². The first-order chi connectivity index (χ1) is 13.1. The van der Waals surface area contributed by atoms with E-state index in [0.29, 0.717) is 23.7 Å². The molecule has 0 radical (unpaired) electrons. The second-order valence-electron chi connectivity index (χ2n) is 6.97. The molecule has 1 saturated heterocycles. The molecule has 27 heavy (non-hydrogen) atoms. The van der Waals surface area contributed by atoms with Crippen LogP contribution >= 0.6 is 0 Å². The van der Waals surface area contributed by atoms with E-state index in [1.807, 2.05) is 16.8 Å². The summed E-state index contributed by atoms with van der Waals surface area (Å²) in [5.74, 6) is 0.295. The number of nitrogens with zero attached hydrogens (tertiary/aromatic N) is 4. The Hall–Kier alpha value is -2.80. The molecule has 0 bridgehead atoms. The Kier molecular flexibility index (Phi) is 4.85. The molecule has 0 aromatic carbocycles. The summed E-state index contributed by atoms with van der Waals surface area (Å²) in [6.07, 6.45) is 6.99. The van der Waals surface area contributed by atoms with Crippen molar-refractivity contribution in [1.82, 2.24) is 24.9 Å². The topological polar surface area (TPSA) is 81.4 Å². The average Bonchev–Trinajstić information content (AvgIpc) is 3.03. The molecule has 0 unspecified atom stereocenters. The van der Waals surface area contributed by atoms with Gasteiger partial charge in [0.05, 0.1) is 22.5 Å². The van der Waals surface area contributed by atoms with E-state index in [-0.39, 0.29) is 5.91 Å². The number of nitrogens with one attached hydrogen (secondary N) is 1. The van der Waals surface area contributed by atoms with Crippen molar-refractivity contribution in [2.45, 2.75) is 39.2 Å². The van der Waals surface area contributed by atoms with Crippen LogP contribution in [0.1, 0.15) is 51.6 Å². The van der Waals surface area contributed by atoms with Gasteiger partial charge in [-0.25, -0.2) is 14.5 Å². The summed E-state index contributed by atoms with van der Waals surface area (Å²) in [6, 6.07) is 4.08. The van der Waals surface area contributed by atoms with Crippen LogP contribution in [0.15, 0.2) is 30.9 Å². The summed E-state index contributed by atoms with van der Waals surface area (Å²) in [6.45, 7) is 5.98. The predicted molar refractivity (Wildman–Crippen MR) is 101 cm³/mol. The Morgan fingerprint density at radius 3 is 2.93 bits per heavy atom. The molecule has 140 valence electrons. The van der Waals surface area contributed by atoms with Gasteiger partial charge >= 0.3 is 0 Å². The molecule has 3 aromatic rings. The molecular weight excluding hydrogens is 342 g/mol. The fourth-order valence-electron chi connectivity index (χ4n) is 3.59. The van der Waals surface area contributed by atoms with Crippen LogP contribution in [-0.2, 0) is 11.3 Å². The van der Waals surface area contributed by atoms with Crippen LogP contribution in [-0.4, -0.2) is 38.7 Å². The average molecular weight is 365 g/mol. The van der Waals surface area contributed by atoms with Gasteiger partial charge in [0.2, 0.25) is 0 Å². The van der Waals surface area contributed by atoms with Gasteiger partial charge in [0, 0.05) is 38.1 Å². The van der Waals surface area contributed by atoms with E-state index in [1.165, 1.54) is 11.9 Å². The standard InChI is InChI=1S/C20H23N5O2/c1-13-18-9-15(10-22-20(26)17-11-21-12-23-14(17)2)3-6-25(18)24-19(13)16-4-7-27-8-5-16/h3,6,9,11-12,16H,4-5,7-8,10H2,1-2H3,(H,22,26). The number of hydrogen-bond donors (Lipinski definition) is 1. The monoisotopic (exact) mass is 365 g/mol. The van der Waals surface area contributed by atoms with Gasteiger partial charge in [-0.1, -0.05) is 0 Å². The molecule has 3 aromatic heterocycles. The third-order valence-electron chi connectivity index (χ3n) is 5.20. The number of carbonyl (C=O) groups excluding carboxylic acids is 1. The first kappa shape index (κ1) is 17.6. The van der Waals surface area contributed by atoms with Crippen LogP contribution < -0.4 is 5.32 Å². The lowest BCUT2D eigenvalue weighted by molar-refractivity contribution is 0.0843. The Morgan fingerprint density at radius 1 is 1.33 bits per heavy atom. The van der Waals surface area contributed by atoms with Gasteiger partial charge < -0.3 is 10.1 Å². The third-order valence-corrected chi connectivity index (χ3v) is 5.20. The molecule has 0 spiro atoms. The van der Waals surface area contributed by atoms with Gasteiger partial charge in [-0.3, -0.25) is 4.79 Å². The molecule has 1 aliphatic rings. The number of amides is 1. The van der Waals surface area contributed by atoms with Gasteiger partial charge in [0.25, 0.3) is 5.91 Å². The summed E-state index contributed by atoms with van der Waals surface area (Å²) in [7, 11) is 0. The van der Waals surface area contributed by atoms with Gasteiger partial charge in [-0.05, 0) is 49.9 Å². The molecule has 7 heteroatoms. The van der Waals surface area contributed by atoms with Crippen LogP contribution in [0.5, 0.6) is 0 Å². The second kappa shape index (κ2) is 7.44. The lowest BCUT2D eigenvalue weighted by Gasteiger charge is -2.20. The lowest BCUT2D eigenvalue weighted by Crippen LogP contribution is -2.24. The normalized spacial score (nSPS) is 15.2. The summed E-state index contributed by atoms with van der Waals surface area (Å²) < 4.78 is 7.40. The fourth-order valence-corrected chi connectivity index (χ4v) is 3.59. The maximum absolute atomic E-state index is 12.4. The molecule has 0 aliphatic carbocycles. The first-order valence-electron chi connectivity index (χ1n) is 9.24. The predicted octanol–water partition coefficient (Wildman–Crippen LogP) is 2.57. The van der Waals surface area contributed by atoms with E-state index in [4.69, 9.17) is 9.84 Å². The zero-order valence-corrected chi connectivity index (χ0v) is 15.6. The lowest BCUT2D eigenvalue weighted by atomic mass is 9.94. The quantitative estimate of drug-likeness (QED) is 0.768. The first-order valence-corrected chi connectivity index (χ1v) is 9.24. The van der Waals surface area contributed by atoms with Gasteiger partial charge in [0.1, 0.15) is 6.33 Å². The van der Waals surface area contributed by atoms with Crippen LogP contribution in [0.25, 0.3) is 5.52 Å². The van der Waals surface area contributed by atoms with Crippen molar-refractivity contribution in [2.24, 2.45) is 0 Å². The van der Waals surface area contributed by atoms with E-state index in [0.717, 1.165) is 42.8 Å². The largest absolute Gasteiger partial charge is 0.381 e. The molecular formula is C20H23N5O2. The van der Waals surface area contributed by atoms with Crippen molar-refractivity contribution in [2.75, 3.05) is 13.2 Å². The highest BCUT2D eigenvalue weighted by Crippen LogP contribution is 2.30. The van der Waals surface area contributed by atoms with E-state index in [9.17, 15) is 4.79 Å². The van der Waals surface area contributed by atoms with E-state index < -0.39 is 0 Å². The van der Waals surface area contributed by atoms with Gasteiger partial charge in [0.15, 0.2) is 0 Å². The number of carbonyl (C=O) groups is 1. The fraction of sp³-hybridized carbons (Fsp3) is 0.400. The van der Waals surface area contributed by atoms with Crippen LogP contribution in [0, 0.1) is 13.8 Å². The number of hydrogen-bond acceptors (Lipinski definition) is 5. The number of rotatable bonds is 4. The Labute approximate surface area is 157 Å². The molecule has 1 N–H and O–H groups in total. The highest BCUT2D eigenvalue weighted by Gasteiger charge is 2.22. The van der Waals surface area contributed by atoms with E-state index >= 15 is 0 Å². The SMILES string of the molecule is Cc1ncncc1C(=O)NCc1ccn2nc(C3CCOCC3)c(C)c2c1. The van der Waals surface area contributed by atoms with E-state index in [2.05, 4.69) is 28.3 Å². The second-order valence-corrected chi connectivity index (χ2v) is 6.97. The maximum atomic E-state index is 12.4. The van der Waals surface area contributed by atoms with Crippen LogP contribution in [0.2, 0.25) is 0 Å². The number of aromatic nitrogens is 4. The Morgan fingerprint density at radius 2 is 2.15 bits per heavy atom. The Balaban J connectivity index is 1.52. The Bertz CT molecular complexity index is 976. The zero-order valence-electron chi connectivity index (χ0n) is 15.6. The minimum Gasteiger partial charge on any atom is -0.381 e. The van der Waals surface area contributed by atoms with Crippen molar-refractivity contribution in [1.29, 1.82) is 0 Å². The van der Waals surface area contributed by atoms with Gasteiger partial charge in [-0.2, -0.15) is 5.10 Å². The molecule has 1 aliphatic heterocycles. The minimum atomic E-state index is -0.166. The molecule has 0 saturated carbocycles. The molecule has 7 nitrogen and oxygen atoms in total. The molecule has 0 atom stereocenters. The number of fused-ring (bicyclic) bond motifs is 1. The highest BCUT2D eigenvalue weighted by atomic mass is 16.5. The third kappa shape index (κ3) is 3.55. The number of aryl methyl sites for hydroxylation is 2. The molecule has 4 rings (SSSR count). The van der Waals surface area contributed by atoms with Crippen molar-refractivity contribution < 1.29 is 9.53 Å². The van der Waals surface area contributed by atoms with Gasteiger partial charge in [-0.15, -0.1) is 0 Å². The van der Waals surface area contributed by atoms with Crippen LogP contribution in [0.4, 0.5) is 0 Å². The molecule has 1 amide bonds. The summed E-state index contributed by atoms with van der Waals surface area (Å²) in [5.41, 5.74) is 5.67. The summed E-state index contributed by atoms with van der Waals surface area (Å²) in [5, 5.41) is 7.73. The number of ether oxygens (including phenoxy) is 1. The molecule has 1 fully saturated rings. The highest BCUT2D eigenvalue weighted by molar-refractivity contribution is 5.94. The zero-order chi connectivity index (χ0) is 18.8. The smallest absolute Gasteiger partial charge is 0.254 e. The summed E-state index contributed by atoms with van der Waals surface area (Å²) in [4.78, 5) is 20.4. The van der Waals surface area contributed by atoms with E-state index in [1.54, 1.807) is 13.1 Å². The maximum Gasteiger partial charge on any atom is 0.254 e. The van der Waals surface area contributed by atoms with Crippen molar-refractivity contribution in [3.63, 3.8) is 0 Å². The number of pyridine rings is 1. The minimum absolute atomic E-state index is 0.166. The van der Waals surface area contributed by atoms with Crippen LogP contribution in [0.3, 0.4) is 0 Å². The molecule has 4 heterocycles. The van der Waals surface area contributed by atoms with Crippen molar-refractivity contribution in [3.05, 3.63) is 58.9 Å². The summed E-state index contributed by atoms with van der Waals surface area (Å²) >= 11 is 0. The van der Waals surface area contributed by atoms with Crippen molar-refractivity contribution in [3.8, 4) is 0 Å².